The minimum absolute atomic E-state index is 0.0686. The van der Waals surface area contributed by atoms with Crippen molar-refractivity contribution >= 4 is 27.5 Å². The van der Waals surface area contributed by atoms with E-state index in [2.05, 4.69) is 5.32 Å². The van der Waals surface area contributed by atoms with Crippen molar-refractivity contribution in [2.45, 2.75) is 59.2 Å². The fraction of sp³-hybridized carbons (Fsp3) is 0.481. The molecule has 0 spiro atoms. The van der Waals surface area contributed by atoms with Crippen molar-refractivity contribution in [2.24, 2.45) is 0 Å². The van der Waals surface area contributed by atoms with Crippen LogP contribution in [0.1, 0.15) is 46.1 Å². The van der Waals surface area contributed by atoms with Crippen molar-refractivity contribution in [3.8, 4) is 11.5 Å². The number of methoxy groups -OCH3 is 1. The van der Waals surface area contributed by atoms with Gasteiger partial charge in [-0.1, -0.05) is 38.1 Å². The molecule has 0 unspecified atom stereocenters. The third kappa shape index (κ3) is 8.38. The minimum Gasteiger partial charge on any atom is -0.497 e. The largest absolute Gasteiger partial charge is 0.497 e. The number of rotatable bonds is 14. The van der Waals surface area contributed by atoms with Gasteiger partial charge in [0.1, 0.15) is 24.1 Å². The van der Waals surface area contributed by atoms with E-state index >= 15 is 0 Å². The lowest BCUT2D eigenvalue weighted by Crippen LogP contribution is -2.53. The molecule has 2 rings (SSSR count). The summed E-state index contributed by atoms with van der Waals surface area (Å²) in [4.78, 5) is 28.5. The third-order valence-corrected chi connectivity index (χ3v) is 7.11. The van der Waals surface area contributed by atoms with Crippen LogP contribution in [0.15, 0.2) is 48.5 Å². The van der Waals surface area contributed by atoms with E-state index in [1.165, 1.54) is 4.90 Å². The summed E-state index contributed by atoms with van der Waals surface area (Å²) in [7, 11) is -2.31. The summed E-state index contributed by atoms with van der Waals surface area (Å²) in [5.74, 6) is 0.175. The van der Waals surface area contributed by atoms with E-state index in [1.54, 1.807) is 56.5 Å². The van der Waals surface area contributed by atoms with Crippen LogP contribution >= 0.6 is 0 Å². The predicted molar refractivity (Wildman–Crippen MR) is 145 cm³/mol. The zero-order valence-corrected chi connectivity index (χ0v) is 23.4. The number of hydrogen-bond donors (Lipinski definition) is 1. The fourth-order valence-corrected chi connectivity index (χ4v) is 4.72. The van der Waals surface area contributed by atoms with Crippen molar-refractivity contribution in [3.05, 3.63) is 54.1 Å². The maximum atomic E-state index is 13.8. The van der Waals surface area contributed by atoms with Crippen LogP contribution in [0.25, 0.3) is 0 Å². The van der Waals surface area contributed by atoms with Gasteiger partial charge in [0.05, 0.1) is 25.7 Å². The number of sulfonamides is 1. The number of benzene rings is 2. The molecule has 204 valence electrons. The third-order valence-electron chi connectivity index (χ3n) is 5.99. The number of hydrogen-bond acceptors (Lipinski definition) is 6. The van der Waals surface area contributed by atoms with Gasteiger partial charge in [0.2, 0.25) is 21.8 Å². The second-order valence-electron chi connectivity index (χ2n) is 8.79. The summed E-state index contributed by atoms with van der Waals surface area (Å²) in [5.41, 5.74) is 1.02. The van der Waals surface area contributed by atoms with Gasteiger partial charge in [0.25, 0.3) is 0 Å². The Balaban J connectivity index is 2.50. The lowest BCUT2D eigenvalue weighted by Gasteiger charge is -2.33. The molecule has 10 heteroatoms. The average Bonchev–Trinajstić information content (AvgIpc) is 2.87. The Bertz CT molecular complexity index is 1150. The zero-order valence-electron chi connectivity index (χ0n) is 22.6. The highest BCUT2D eigenvalue weighted by Gasteiger charge is 2.33. The molecule has 0 radical (unpaired) electrons. The smallest absolute Gasteiger partial charge is 0.244 e. The molecular weight excluding hydrogens is 494 g/mol. The molecule has 0 aromatic heterocycles. The maximum Gasteiger partial charge on any atom is 0.244 e. The molecule has 2 amide bonds. The first-order chi connectivity index (χ1) is 17.5. The number of carbonyl (C=O) groups is 2. The van der Waals surface area contributed by atoms with Gasteiger partial charge in [0.15, 0.2) is 0 Å². The summed E-state index contributed by atoms with van der Waals surface area (Å²) in [6.45, 7) is 7.43. The molecule has 2 aromatic rings. The van der Waals surface area contributed by atoms with E-state index in [0.29, 0.717) is 24.5 Å². The molecule has 0 fully saturated rings. The topological polar surface area (TPSA) is 105 Å². The number of anilines is 1. The Morgan fingerprint density at radius 2 is 1.73 bits per heavy atom. The zero-order chi connectivity index (χ0) is 27.6. The number of ether oxygens (including phenoxy) is 2. The van der Waals surface area contributed by atoms with Gasteiger partial charge in [-0.05, 0) is 56.5 Å². The summed E-state index contributed by atoms with van der Waals surface area (Å²) in [5, 5.41) is 2.96. The van der Waals surface area contributed by atoms with Gasteiger partial charge >= 0.3 is 0 Å². The molecule has 0 saturated carbocycles. The van der Waals surface area contributed by atoms with Crippen LogP contribution in [0, 0.1) is 0 Å². The molecule has 2 aromatic carbocycles. The molecule has 0 aliphatic rings. The highest BCUT2D eigenvalue weighted by atomic mass is 32.2. The normalized spacial score (nSPS) is 12.8. The molecule has 0 aliphatic heterocycles. The van der Waals surface area contributed by atoms with E-state index in [1.807, 2.05) is 26.8 Å². The fourth-order valence-electron chi connectivity index (χ4n) is 3.86. The van der Waals surface area contributed by atoms with E-state index in [9.17, 15) is 18.0 Å². The van der Waals surface area contributed by atoms with Crippen LogP contribution in [0.2, 0.25) is 0 Å². The minimum atomic E-state index is -3.86. The van der Waals surface area contributed by atoms with Crippen molar-refractivity contribution in [2.75, 3.05) is 30.8 Å². The highest BCUT2D eigenvalue weighted by molar-refractivity contribution is 7.92. The van der Waals surface area contributed by atoms with Crippen LogP contribution in [-0.2, 0) is 26.2 Å². The Kier molecular flexibility index (Phi) is 11.2. The standard InChI is InChI=1S/C27H39N3O6S/c1-7-20(4)28-27(32)23(8-2)29(18-21-13-12-14-22(17-21)35-5)26(31)19-30(37(6,33)34)24-15-10-11-16-25(24)36-9-3/h10-17,20,23H,7-9,18-19H2,1-6H3,(H,28,32)/t20-,23+/m1/s1. The first kappa shape index (κ1) is 30.0. The second-order valence-corrected chi connectivity index (χ2v) is 10.7. The van der Waals surface area contributed by atoms with Crippen LogP contribution in [0.3, 0.4) is 0 Å². The highest BCUT2D eigenvalue weighted by Crippen LogP contribution is 2.30. The van der Waals surface area contributed by atoms with Crippen molar-refractivity contribution < 1.29 is 27.5 Å². The van der Waals surface area contributed by atoms with E-state index in [0.717, 1.165) is 22.5 Å². The predicted octanol–water partition coefficient (Wildman–Crippen LogP) is 3.58. The SMILES string of the molecule is CCOc1ccccc1N(CC(=O)N(Cc1cccc(OC)c1)[C@@H](CC)C(=O)N[C@H](C)CC)S(C)(=O)=O. The van der Waals surface area contributed by atoms with Gasteiger partial charge in [0, 0.05) is 12.6 Å². The summed E-state index contributed by atoms with van der Waals surface area (Å²) < 4.78 is 37.7. The van der Waals surface area contributed by atoms with Crippen molar-refractivity contribution in [1.82, 2.24) is 10.2 Å². The van der Waals surface area contributed by atoms with Gasteiger partial charge in [-0.15, -0.1) is 0 Å². The first-order valence-corrected chi connectivity index (χ1v) is 14.3. The van der Waals surface area contributed by atoms with Crippen molar-refractivity contribution in [1.29, 1.82) is 0 Å². The van der Waals surface area contributed by atoms with Crippen molar-refractivity contribution in [3.63, 3.8) is 0 Å². The maximum absolute atomic E-state index is 13.8. The molecule has 0 bridgehead atoms. The molecule has 0 saturated heterocycles. The second kappa shape index (κ2) is 13.9. The molecule has 2 atom stereocenters. The molecular formula is C27H39N3O6S. The number of carbonyl (C=O) groups excluding carboxylic acids is 2. The van der Waals surface area contributed by atoms with E-state index in [4.69, 9.17) is 9.47 Å². The lowest BCUT2D eigenvalue weighted by molar-refractivity contribution is -0.140. The van der Waals surface area contributed by atoms with Gasteiger partial charge in [-0.25, -0.2) is 8.42 Å². The average molecular weight is 534 g/mol. The Labute approximate surface area is 220 Å². The van der Waals surface area contributed by atoms with E-state index < -0.39 is 28.5 Å². The van der Waals surface area contributed by atoms with Crippen LogP contribution in [-0.4, -0.2) is 63.7 Å². The summed E-state index contributed by atoms with van der Waals surface area (Å²) in [6.07, 6.45) is 2.14. The number of para-hydroxylation sites is 2. The molecule has 9 nitrogen and oxygen atoms in total. The van der Waals surface area contributed by atoms with Crippen LogP contribution < -0.4 is 19.1 Å². The quantitative estimate of drug-likeness (QED) is 0.398. The Morgan fingerprint density at radius 3 is 2.32 bits per heavy atom. The monoisotopic (exact) mass is 533 g/mol. The summed E-state index contributed by atoms with van der Waals surface area (Å²) in [6, 6.07) is 13.0. The van der Waals surface area contributed by atoms with Crippen LogP contribution in [0.5, 0.6) is 11.5 Å². The van der Waals surface area contributed by atoms with E-state index in [-0.39, 0.29) is 24.2 Å². The van der Waals surface area contributed by atoms with Gasteiger partial charge in [-0.3, -0.25) is 13.9 Å². The van der Waals surface area contributed by atoms with Crippen LogP contribution in [0.4, 0.5) is 5.69 Å². The molecule has 1 N–H and O–H groups in total. The van der Waals surface area contributed by atoms with Gasteiger partial charge in [-0.2, -0.15) is 0 Å². The van der Waals surface area contributed by atoms with Gasteiger partial charge < -0.3 is 19.7 Å². The Hall–Kier alpha value is -3.27. The number of nitrogens with one attached hydrogen (secondary N) is 1. The number of amides is 2. The molecule has 0 heterocycles. The lowest BCUT2D eigenvalue weighted by atomic mass is 10.1. The summed E-state index contributed by atoms with van der Waals surface area (Å²) >= 11 is 0. The Morgan fingerprint density at radius 1 is 1.03 bits per heavy atom. The first-order valence-electron chi connectivity index (χ1n) is 12.5. The molecule has 37 heavy (non-hydrogen) atoms. The number of nitrogens with zero attached hydrogens (tertiary/aromatic N) is 2. The molecule has 0 aliphatic carbocycles.